The molecule has 0 saturated carbocycles. The molecule has 0 spiro atoms. The fourth-order valence-electron chi connectivity index (χ4n) is 2.93. The molecule has 0 amide bonds. The molecule has 0 fully saturated rings. The zero-order valence-electron chi connectivity index (χ0n) is 13.5. The molecule has 0 atom stereocenters. The summed E-state index contributed by atoms with van der Waals surface area (Å²) in [5, 5.41) is 6.44. The maximum Gasteiger partial charge on any atom is 0.378 e. The summed E-state index contributed by atoms with van der Waals surface area (Å²) in [6.45, 7) is 3.78. The zero-order chi connectivity index (χ0) is 16.7. The lowest BCUT2D eigenvalue weighted by atomic mass is 10.1. The molecule has 4 heterocycles. The first-order chi connectivity index (χ1) is 11.7. The molecule has 24 heavy (non-hydrogen) atoms. The summed E-state index contributed by atoms with van der Waals surface area (Å²) in [4.78, 5) is 24.2. The van der Waals surface area contributed by atoms with Gasteiger partial charge < -0.3 is 9.64 Å². The Labute approximate surface area is 142 Å². The van der Waals surface area contributed by atoms with Crippen LogP contribution in [0.15, 0.2) is 17.5 Å². The van der Waals surface area contributed by atoms with Gasteiger partial charge in [-0.3, -0.25) is 0 Å². The van der Waals surface area contributed by atoms with Crippen LogP contribution in [0, 0.1) is 0 Å². The van der Waals surface area contributed by atoms with Crippen LogP contribution in [0.1, 0.15) is 33.7 Å². The number of aromatic nitrogens is 4. The van der Waals surface area contributed by atoms with Crippen molar-refractivity contribution in [2.24, 2.45) is 0 Å². The molecule has 0 N–H and O–H groups in total. The molecule has 0 radical (unpaired) electrons. The van der Waals surface area contributed by atoms with Crippen LogP contribution in [0.4, 0.5) is 5.82 Å². The van der Waals surface area contributed by atoms with Gasteiger partial charge in [-0.2, -0.15) is 9.50 Å². The third kappa shape index (κ3) is 2.43. The van der Waals surface area contributed by atoms with E-state index in [4.69, 9.17) is 4.74 Å². The maximum atomic E-state index is 11.8. The Morgan fingerprint density at radius 1 is 1.42 bits per heavy atom. The van der Waals surface area contributed by atoms with Crippen LogP contribution in [0.25, 0.3) is 5.78 Å². The van der Waals surface area contributed by atoms with E-state index in [-0.39, 0.29) is 5.82 Å². The number of rotatable bonds is 3. The van der Waals surface area contributed by atoms with Crippen molar-refractivity contribution in [3.05, 3.63) is 39.5 Å². The Morgan fingerprint density at radius 2 is 2.29 bits per heavy atom. The summed E-state index contributed by atoms with van der Waals surface area (Å²) in [6.07, 6.45) is 1.80. The normalized spacial score (nSPS) is 14.0. The molecule has 0 aliphatic carbocycles. The van der Waals surface area contributed by atoms with Crippen molar-refractivity contribution >= 4 is 28.9 Å². The molecule has 1 aliphatic rings. The minimum atomic E-state index is -0.553. The SMILES string of the molecule is CCc1cc(N2CCc3sccc3C2)n2nc(C(=O)OC)nc2n1. The Morgan fingerprint density at radius 3 is 3.08 bits per heavy atom. The van der Waals surface area contributed by atoms with Crippen LogP contribution >= 0.6 is 11.3 Å². The van der Waals surface area contributed by atoms with Gasteiger partial charge in [0.15, 0.2) is 0 Å². The average Bonchev–Trinajstić information content (AvgIpc) is 3.25. The van der Waals surface area contributed by atoms with E-state index in [9.17, 15) is 4.79 Å². The highest BCUT2D eigenvalue weighted by atomic mass is 32.1. The fraction of sp³-hybridized carbons (Fsp3) is 0.375. The van der Waals surface area contributed by atoms with Gasteiger partial charge in [0.2, 0.25) is 0 Å². The number of thiophene rings is 1. The van der Waals surface area contributed by atoms with E-state index in [1.165, 1.54) is 17.6 Å². The van der Waals surface area contributed by atoms with Gasteiger partial charge in [-0.15, -0.1) is 16.4 Å². The van der Waals surface area contributed by atoms with E-state index in [0.717, 1.165) is 37.4 Å². The van der Waals surface area contributed by atoms with Crippen LogP contribution in [-0.4, -0.2) is 39.2 Å². The van der Waals surface area contributed by atoms with Crippen LogP contribution in [0.3, 0.4) is 0 Å². The first kappa shape index (κ1) is 15.1. The van der Waals surface area contributed by atoms with E-state index in [1.807, 2.05) is 24.3 Å². The molecular weight excluding hydrogens is 326 g/mol. The van der Waals surface area contributed by atoms with Crippen molar-refractivity contribution in [3.8, 4) is 0 Å². The van der Waals surface area contributed by atoms with Crippen molar-refractivity contribution < 1.29 is 9.53 Å². The summed E-state index contributed by atoms with van der Waals surface area (Å²) in [7, 11) is 1.32. The molecule has 0 bridgehead atoms. The lowest BCUT2D eigenvalue weighted by molar-refractivity contribution is 0.0587. The molecule has 0 unspecified atom stereocenters. The fourth-order valence-corrected chi connectivity index (χ4v) is 3.82. The quantitative estimate of drug-likeness (QED) is 0.678. The summed E-state index contributed by atoms with van der Waals surface area (Å²) in [5.41, 5.74) is 2.28. The highest BCUT2D eigenvalue weighted by Gasteiger charge is 2.23. The number of carbonyl (C=O) groups excluding carboxylic acids is 1. The second kappa shape index (κ2) is 5.86. The molecule has 8 heteroatoms. The minimum Gasteiger partial charge on any atom is -0.463 e. The molecule has 0 aromatic carbocycles. The molecule has 7 nitrogen and oxygen atoms in total. The molecular formula is C16H17N5O2S. The molecule has 3 aromatic rings. The summed E-state index contributed by atoms with van der Waals surface area (Å²) in [5.74, 6) is 0.827. The van der Waals surface area contributed by atoms with Gasteiger partial charge in [-0.1, -0.05) is 6.92 Å². The van der Waals surface area contributed by atoms with Crippen molar-refractivity contribution in [3.63, 3.8) is 0 Å². The monoisotopic (exact) mass is 343 g/mol. The molecule has 1 aliphatic heterocycles. The van der Waals surface area contributed by atoms with E-state index in [0.29, 0.717) is 5.78 Å². The number of methoxy groups -OCH3 is 1. The number of anilines is 1. The van der Waals surface area contributed by atoms with Crippen molar-refractivity contribution in [1.82, 2.24) is 19.6 Å². The Kier molecular flexibility index (Phi) is 3.68. The first-order valence-electron chi connectivity index (χ1n) is 7.84. The topological polar surface area (TPSA) is 72.6 Å². The molecule has 3 aromatic heterocycles. The smallest absolute Gasteiger partial charge is 0.378 e. The Hall–Kier alpha value is -2.48. The summed E-state index contributed by atoms with van der Waals surface area (Å²) >= 11 is 1.81. The largest absolute Gasteiger partial charge is 0.463 e. The Bertz CT molecular complexity index is 916. The highest BCUT2D eigenvalue weighted by molar-refractivity contribution is 7.10. The highest BCUT2D eigenvalue weighted by Crippen LogP contribution is 2.28. The summed E-state index contributed by atoms with van der Waals surface area (Å²) < 4.78 is 6.37. The van der Waals surface area contributed by atoms with Crippen LogP contribution < -0.4 is 4.90 Å². The van der Waals surface area contributed by atoms with Gasteiger partial charge in [-0.25, -0.2) is 9.78 Å². The van der Waals surface area contributed by atoms with Crippen LogP contribution in [0.2, 0.25) is 0 Å². The van der Waals surface area contributed by atoms with E-state index in [1.54, 1.807) is 4.52 Å². The third-order valence-electron chi connectivity index (χ3n) is 4.21. The number of fused-ring (bicyclic) bond motifs is 2. The average molecular weight is 343 g/mol. The molecule has 0 saturated heterocycles. The van der Waals surface area contributed by atoms with E-state index < -0.39 is 5.97 Å². The van der Waals surface area contributed by atoms with Crippen LogP contribution in [-0.2, 0) is 24.1 Å². The maximum absolute atomic E-state index is 11.8. The number of carbonyl (C=O) groups is 1. The predicted octanol–water partition coefficient (Wildman–Crippen LogP) is 2.10. The first-order valence-corrected chi connectivity index (χ1v) is 8.72. The third-order valence-corrected chi connectivity index (χ3v) is 5.23. The molecule has 4 rings (SSSR count). The van der Waals surface area contributed by atoms with Crippen molar-refractivity contribution in [2.75, 3.05) is 18.6 Å². The number of ether oxygens (including phenoxy) is 1. The van der Waals surface area contributed by atoms with Crippen molar-refractivity contribution in [1.29, 1.82) is 0 Å². The number of aryl methyl sites for hydroxylation is 1. The van der Waals surface area contributed by atoms with Gasteiger partial charge in [0.25, 0.3) is 11.6 Å². The predicted molar refractivity (Wildman–Crippen MR) is 90.6 cm³/mol. The second-order valence-electron chi connectivity index (χ2n) is 5.64. The number of hydrogen-bond donors (Lipinski definition) is 0. The van der Waals surface area contributed by atoms with Gasteiger partial charge in [0.05, 0.1) is 7.11 Å². The zero-order valence-corrected chi connectivity index (χ0v) is 14.3. The van der Waals surface area contributed by atoms with E-state index in [2.05, 4.69) is 31.4 Å². The standard InChI is InChI=1S/C16H17N5O2S/c1-3-11-8-13(20-6-4-12-10(9-20)5-7-24-12)21-16(17-11)18-14(19-21)15(22)23-2/h5,7-8H,3-4,6,9H2,1-2H3. The number of nitrogens with zero attached hydrogens (tertiary/aromatic N) is 5. The second-order valence-corrected chi connectivity index (χ2v) is 6.64. The Balaban J connectivity index is 1.81. The number of esters is 1. The lowest BCUT2D eigenvalue weighted by Gasteiger charge is -2.29. The van der Waals surface area contributed by atoms with Crippen molar-refractivity contribution in [2.45, 2.75) is 26.3 Å². The van der Waals surface area contributed by atoms with Crippen LogP contribution in [0.5, 0.6) is 0 Å². The van der Waals surface area contributed by atoms with Gasteiger partial charge in [-0.05, 0) is 29.9 Å². The number of hydrogen-bond acceptors (Lipinski definition) is 7. The van der Waals surface area contributed by atoms with Gasteiger partial charge in [0.1, 0.15) is 5.82 Å². The molecule has 124 valence electrons. The minimum absolute atomic E-state index is 0.0349. The van der Waals surface area contributed by atoms with E-state index >= 15 is 0 Å². The van der Waals surface area contributed by atoms with Gasteiger partial charge >= 0.3 is 5.97 Å². The van der Waals surface area contributed by atoms with Gasteiger partial charge in [0, 0.05) is 29.7 Å². The lowest BCUT2D eigenvalue weighted by Crippen LogP contribution is -2.31. The summed E-state index contributed by atoms with van der Waals surface area (Å²) in [6, 6.07) is 4.20.